The maximum atomic E-state index is 13.2. The Kier molecular flexibility index (Phi) is 8.97. The molecule has 3 rings (SSSR count). The highest BCUT2D eigenvalue weighted by Crippen LogP contribution is 2.39. The van der Waals surface area contributed by atoms with E-state index in [-0.39, 0.29) is 34.7 Å². The Morgan fingerprint density at radius 3 is 2.14 bits per heavy atom. The first kappa shape index (κ1) is 26.3. The third-order valence-electron chi connectivity index (χ3n) is 5.93. The van der Waals surface area contributed by atoms with E-state index in [1.807, 2.05) is 0 Å². The second-order valence-electron chi connectivity index (χ2n) is 8.16. The maximum Gasteiger partial charge on any atom is 0.341 e. The van der Waals surface area contributed by atoms with Crippen LogP contribution in [-0.2, 0) is 4.74 Å². The molecule has 2 N–H and O–H groups in total. The van der Waals surface area contributed by atoms with Crippen molar-refractivity contribution in [3.05, 3.63) is 33.7 Å². The quantitative estimate of drug-likeness (QED) is 0.481. The largest absolute Gasteiger partial charge is 0.493 e. The monoisotopic (exact) mass is 504 g/mol. The maximum absolute atomic E-state index is 13.2. The van der Waals surface area contributed by atoms with Crippen molar-refractivity contribution in [3.63, 3.8) is 0 Å². The van der Waals surface area contributed by atoms with Crippen molar-refractivity contribution in [1.29, 1.82) is 0 Å². The topological polar surface area (TPSA) is 112 Å². The van der Waals surface area contributed by atoms with Gasteiger partial charge in [-0.3, -0.25) is 9.59 Å². The Labute approximate surface area is 209 Å². The highest BCUT2D eigenvalue weighted by Gasteiger charge is 2.28. The third-order valence-corrected chi connectivity index (χ3v) is 7.13. The summed E-state index contributed by atoms with van der Waals surface area (Å²) < 4.78 is 21.2. The molecule has 9 nitrogen and oxygen atoms in total. The van der Waals surface area contributed by atoms with Gasteiger partial charge in [0.15, 0.2) is 11.5 Å². The molecule has 2 aromatic rings. The molecule has 10 heteroatoms. The minimum Gasteiger partial charge on any atom is -0.493 e. The summed E-state index contributed by atoms with van der Waals surface area (Å²) in [5.41, 5.74) is 0.877. The lowest BCUT2D eigenvalue weighted by Crippen LogP contribution is -2.36. The molecule has 0 spiro atoms. The number of ether oxygens (including phenoxy) is 4. The van der Waals surface area contributed by atoms with E-state index in [2.05, 4.69) is 10.6 Å². The second-order valence-corrected chi connectivity index (χ2v) is 9.18. The summed E-state index contributed by atoms with van der Waals surface area (Å²) in [6.07, 6.45) is 5.21. The fourth-order valence-electron chi connectivity index (χ4n) is 4.15. The van der Waals surface area contributed by atoms with Gasteiger partial charge < -0.3 is 29.6 Å². The van der Waals surface area contributed by atoms with Gasteiger partial charge in [0.2, 0.25) is 5.75 Å². The van der Waals surface area contributed by atoms with E-state index < -0.39 is 11.9 Å². The van der Waals surface area contributed by atoms with Crippen LogP contribution in [0.1, 0.15) is 75.0 Å². The highest BCUT2D eigenvalue weighted by molar-refractivity contribution is 7.18. The fourth-order valence-corrected chi connectivity index (χ4v) is 5.25. The van der Waals surface area contributed by atoms with Crippen LogP contribution >= 0.6 is 11.3 Å². The van der Waals surface area contributed by atoms with Crippen LogP contribution in [0.15, 0.2) is 12.1 Å². The summed E-state index contributed by atoms with van der Waals surface area (Å²) >= 11 is 1.06. The van der Waals surface area contributed by atoms with Gasteiger partial charge in [0.05, 0.1) is 38.4 Å². The lowest BCUT2D eigenvalue weighted by molar-refractivity contribution is 0.0527. The minimum absolute atomic E-state index is 0.112. The molecule has 1 saturated carbocycles. The number of nitrogens with one attached hydrogen (secondary N) is 2. The van der Waals surface area contributed by atoms with E-state index in [0.29, 0.717) is 27.7 Å². The molecule has 1 heterocycles. The average Bonchev–Trinajstić information content (AvgIpc) is 3.19. The van der Waals surface area contributed by atoms with E-state index in [4.69, 9.17) is 18.9 Å². The number of carbonyl (C=O) groups excluding carboxylic acids is 3. The number of anilines is 1. The number of methoxy groups -OCH3 is 3. The van der Waals surface area contributed by atoms with Crippen molar-refractivity contribution in [3.8, 4) is 17.2 Å². The Morgan fingerprint density at radius 1 is 0.971 bits per heavy atom. The third kappa shape index (κ3) is 5.87. The molecule has 0 unspecified atom stereocenters. The van der Waals surface area contributed by atoms with Gasteiger partial charge in [-0.05, 0) is 44.4 Å². The lowest BCUT2D eigenvalue weighted by atomic mass is 9.95. The van der Waals surface area contributed by atoms with Gasteiger partial charge in [0, 0.05) is 11.6 Å². The van der Waals surface area contributed by atoms with Crippen LogP contribution < -0.4 is 24.8 Å². The van der Waals surface area contributed by atoms with Crippen LogP contribution in [-0.4, -0.2) is 51.8 Å². The van der Waals surface area contributed by atoms with Gasteiger partial charge >= 0.3 is 5.97 Å². The van der Waals surface area contributed by atoms with Gasteiger partial charge in [-0.2, -0.15) is 0 Å². The van der Waals surface area contributed by atoms with Crippen molar-refractivity contribution >= 4 is 34.1 Å². The average molecular weight is 505 g/mol. The molecule has 0 bridgehead atoms. The predicted molar refractivity (Wildman–Crippen MR) is 133 cm³/mol. The minimum atomic E-state index is -0.599. The molecule has 1 aliphatic carbocycles. The molecule has 35 heavy (non-hydrogen) atoms. The number of hydrogen-bond donors (Lipinski definition) is 2. The van der Waals surface area contributed by atoms with Gasteiger partial charge in [-0.15, -0.1) is 11.3 Å². The first-order valence-electron chi connectivity index (χ1n) is 11.6. The van der Waals surface area contributed by atoms with Gasteiger partial charge in [0.25, 0.3) is 11.8 Å². The van der Waals surface area contributed by atoms with Crippen LogP contribution in [0, 0.1) is 6.92 Å². The fraction of sp³-hybridized carbons (Fsp3) is 0.480. The summed E-state index contributed by atoms with van der Waals surface area (Å²) in [5, 5.41) is 6.09. The molecule has 0 radical (unpaired) electrons. The van der Waals surface area contributed by atoms with E-state index in [1.54, 1.807) is 13.8 Å². The predicted octanol–water partition coefficient (Wildman–Crippen LogP) is 4.57. The number of thiophene rings is 1. The van der Waals surface area contributed by atoms with Crippen molar-refractivity contribution < 1.29 is 33.3 Å². The molecular formula is C25H32N2O7S. The van der Waals surface area contributed by atoms with Crippen LogP contribution in [0.3, 0.4) is 0 Å². The summed E-state index contributed by atoms with van der Waals surface area (Å²) in [6.45, 7) is 3.55. The molecule has 0 atom stereocenters. The van der Waals surface area contributed by atoms with Crippen molar-refractivity contribution in [2.45, 2.75) is 52.0 Å². The molecule has 0 saturated heterocycles. The summed E-state index contributed by atoms with van der Waals surface area (Å²) in [4.78, 5) is 39.4. The second kappa shape index (κ2) is 11.9. The molecule has 1 aliphatic rings. The van der Waals surface area contributed by atoms with Gasteiger partial charge in [-0.1, -0.05) is 19.3 Å². The summed E-state index contributed by atoms with van der Waals surface area (Å²) in [7, 11) is 4.38. The zero-order valence-corrected chi connectivity index (χ0v) is 21.6. The molecule has 2 amide bonds. The SMILES string of the molecule is CCOC(=O)c1c(NC(=O)c2cc(OC)c(OC)c(OC)c2)sc(C(=O)NC2CCCCC2)c1C. The normalized spacial score (nSPS) is 13.6. The highest BCUT2D eigenvalue weighted by atomic mass is 32.1. The Balaban J connectivity index is 1.94. The molecular weight excluding hydrogens is 472 g/mol. The van der Waals surface area contributed by atoms with Gasteiger partial charge in [0.1, 0.15) is 5.00 Å². The molecule has 1 aromatic carbocycles. The number of carbonyl (C=O) groups is 3. The zero-order chi connectivity index (χ0) is 25.5. The lowest BCUT2D eigenvalue weighted by Gasteiger charge is -2.22. The van der Waals surface area contributed by atoms with E-state index in [0.717, 1.165) is 37.0 Å². The van der Waals surface area contributed by atoms with Crippen molar-refractivity contribution in [2.24, 2.45) is 0 Å². The number of amides is 2. The van der Waals surface area contributed by atoms with E-state index in [1.165, 1.54) is 39.9 Å². The Hall–Kier alpha value is -3.27. The standard InChI is InChI=1S/C25H32N2O7S/c1-6-34-25(30)19-14(2)21(23(29)26-16-10-8-7-9-11-16)35-24(19)27-22(28)15-12-17(31-3)20(33-5)18(13-15)32-4/h12-13,16H,6-11H2,1-5H3,(H,26,29)(H,27,28). The Bertz CT molecular complexity index is 1060. The van der Waals surface area contributed by atoms with Gasteiger partial charge in [-0.25, -0.2) is 4.79 Å². The smallest absolute Gasteiger partial charge is 0.341 e. The molecule has 0 aliphatic heterocycles. The first-order valence-corrected chi connectivity index (χ1v) is 12.4. The van der Waals surface area contributed by atoms with Crippen molar-refractivity contribution in [2.75, 3.05) is 33.3 Å². The number of esters is 1. The Morgan fingerprint density at radius 2 is 1.60 bits per heavy atom. The molecule has 1 fully saturated rings. The van der Waals surface area contributed by atoms with Crippen LogP contribution in [0.4, 0.5) is 5.00 Å². The van der Waals surface area contributed by atoms with Crippen LogP contribution in [0.2, 0.25) is 0 Å². The zero-order valence-electron chi connectivity index (χ0n) is 20.7. The van der Waals surface area contributed by atoms with E-state index in [9.17, 15) is 14.4 Å². The van der Waals surface area contributed by atoms with Crippen LogP contribution in [0.5, 0.6) is 17.2 Å². The first-order chi connectivity index (χ1) is 16.8. The number of rotatable bonds is 9. The van der Waals surface area contributed by atoms with E-state index >= 15 is 0 Å². The van der Waals surface area contributed by atoms with Crippen molar-refractivity contribution in [1.82, 2.24) is 5.32 Å². The molecule has 190 valence electrons. The summed E-state index contributed by atoms with van der Waals surface area (Å²) in [5.74, 6) is -0.367. The number of benzene rings is 1. The number of hydrogen-bond acceptors (Lipinski definition) is 8. The van der Waals surface area contributed by atoms with Crippen LogP contribution in [0.25, 0.3) is 0 Å². The summed E-state index contributed by atoms with van der Waals surface area (Å²) in [6, 6.07) is 3.14. The molecule has 1 aromatic heterocycles.